The van der Waals surface area contributed by atoms with Crippen molar-refractivity contribution in [1.29, 1.82) is 5.26 Å². The van der Waals surface area contributed by atoms with Crippen LogP contribution in [-0.4, -0.2) is 52.4 Å². The maximum Gasteiger partial charge on any atom is 0.408 e. The number of nitrogens with zero attached hydrogens (tertiary/aromatic N) is 2. The number of alkyl carbamates (subject to hydrolysis) is 1. The Morgan fingerprint density at radius 2 is 1.83 bits per heavy atom. The Labute approximate surface area is 206 Å². The highest BCUT2D eigenvalue weighted by Crippen LogP contribution is 2.25. The summed E-state index contributed by atoms with van der Waals surface area (Å²) in [4.78, 5) is 52.1. The number of rotatable bonds is 9. The van der Waals surface area contributed by atoms with Gasteiger partial charge >= 0.3 is 6.09 Å². The van der Waals surface area contributed by atoms with Crippen LogP contribution in [0, 0.1) is 11.3 Å². The molecule has 1 aromatic rings. The third kappa shape index (κ3) is 9.88. The summed E-state index contributed by atoms with van der Waals surface area (Å²) < 4.78 is 5.20. The van der Waals surface area contributed by atoms with E-state index >= 15 is 0 Å². The van der Waals surface area contributed by atoms with Gasteiger partial charge in [0.1, 0.15) is 24.2 Å². The summed E-state index contributed by atoms with van der Waals surface area (Å²) in [6.07, 6.45) is 0.0808. The second-order valence-electron chi connectivity index (χ2n) is 10.0. The fourth-order valence-electron chi connectivity index (χ4n) is 3.19. The van der Waals surface area contributed by atoms with Crippen molar-refractivity contribution in [3.63, 3.8) is 0 Å². The minimum Gasteiger partial charge on any atom is -0.444 e. The van der Waals surface area contributed by atoms with Crippen molar-refractivity contribution >= 4 is 29.9 Å². The van der Waals surface area contributed by atoms with Crippen LogP contribution in [0.3, 0.4) is 0 Å². The molecule has 0 saturated carbocycles. The SMILES string of the molecule is C=Cc1cccc(C(C(=O)NC(C)(C)C)N(CC#N)C(=O)C(CC(N)=O)NC(=O)OC(C)(C)C)c1. The van der Waals surface area contributed by atoms with Crippen molar-refractivity contribution in [3.05, 3.63) is 42.0 Å². The second-order valence-corrected chi connectivity index (χ2v) is 10.0. The van der Waals surface area contributed by atoms with Gasteiger partial charge in [0, 0.05) is 5.54 Å². The molecule has 0 fully saturated rings. The van der Waals surface area contributed by atoms with Crippen molar-refractivity contribution in [2.75, 3.05) is 6.54 Å². The van der Waals surface area contributed by atoms with E-state index in [0.717, 1.165) is 4.90 Å². The summed E-state index contributed by atoms with van der Waals surface area (Å²) in [5.41, 5.74) is 4.93. The van der Waals surface area contributed by atoms with Gasteiger partial charge in [-0.15, -0.1) is 0 Å². The predicted molar refractivity (Wildman–Crippen MR) is 131 cm³/mol. The molecule has 0 aliphatic rings. The van der Waals surface area contributed by atoms with Crippen LogP contribution in [0.25, 0.3) is 6.08 Å². The van der Waals surface area contributed by atoms with Crippen LogP contribution >= 0.6 is 0 Å². The van der Waals surface area contributed by atoms with Gasteiger partial charge in [0.25, 0.3) is 0 Å². The van der Waals surface area contributed by atoms with Crippen LogP contribution in [0.5, 0.6) is 0 Å². The summed E-state index contributed by atoms with van der Waals surface area (Å²) in [6, 6.07) is 5.97. The first-order chi connectivity index (χ1) is 16.1. The maximum atomic E-state index is 13.6. The number of hydrogen-bond acceptors (Lipinski definition) is 6. The van der Waals surface area contributed by atoms with E-state index in [4.69, 9.17) is 10.5 Å². The molecule has 0 saturated heterocycles. The Morgan fingerprint density at radius 3 is 2.31 bits per heavy atom. The van der Waals surface area contributed by atoms with Crippen molar-refractivity contribution < 1.29 is 23.9 Å². The van der Waals surface area contributed by atoms with Crippen LogP contribution in [-0.2, 0) is 19.1 Å². The lowest BCUT2D eigenvalue weighted by molar-refractivity contribution is -0.143. The Hall–Kier alpha value is -3.87. The lowest BCUT2D eigenvalue weighted by atomic mass is 9.98. The first-order valence-corrected chi connectivity index (χ1v) is 11.1. The summed E-state index contributed by atoms with van der Waals surface area (Å²) in [5, 5.41) is 14.7. The van der Waals surface area contributed by atoms with Crippen LogP contribution < -0.4 is 16.4 Å². The molecule has 0 aromatic heterocycles. The van der Waals surface area contributed by atoms with Gasteiger partial charge in [-0.05, 0) is 58.7 Å². The van der Waals surface area contributed by atoms with Crippen LogP contribution in [0.1, 0.15) is 65.1 Å². The summed E-state index contributed by atoms with van der Waals surface area (Å²) in [7, 11) is 0. The van der Waals surface area contributed by atoms with Gasteiger partial charge in [-0.1, -0.05) is 30.9 Å². The lowest BCUT2D eigenvalue weighted by Crippen LogP contribution is -2.55. The lowest BCUT2D eigenvalue weighted by Gasteiger charge is -2.34. The van der Waals surface area contributed by atoms with Gasteiger partial charge in [-0.3, -0.25) is 14.4 Å². The molecular formula is C25H35N5O5. The molecular weight excluding hydrogens is 450 g/mol. The number of amides is 4. The molecule has 10 nitrogen and oxygen atoms in total. The van der Waals surface area contributed by atoms with Gasteiger partial charge in [-0.2, -0.15) is 5.26 Å². The Kier molecular flexibility index (Phi) is 10.0. The number of primary amides is 1. The van der Waals surface area contributed by atoms with Gasteiger partial charge in [0.2, 0.25) is 17.7 Å². The highest BCUT2D eigenvalue weighted by Gasteiger charge is 2.38. The van der Waals surface area contributed by atoms with Crippen molar-refractivity contribution in [2.24, 2.45) is 5.73 Å². The molecule has 2 atom stereocenters. The van der Waals surface area contributed by atoms with Crippen LogP contribution in [0.4, 0.5) is 4.79 Å². The standard InChI is InChI=1S/C25H35N5O5/c1-8-16-10-9-11-17(14-16)20(21(32)29-24(2,3)4)30(13-12-26)22(33)18(15-19(27)31)28-23(34)35-25(5,6)7/h8-11,14,18,20H,1,13,15H2,2-7H3,(H2,27,31)(H,28,34)(H,29,32). The summed E-state index contributed by atoms with van der Waals surface area (Å²) in [6.45, 7) is 13.5. The number of nitrogens with two attached hydrogens (primary N) is 1. The highest BCUT2D eigenvalue weighted by atomic mass is 16.6. The van der Waals surface area contributed by atoms with E-state index in [1.807, 2.05) is 6.07 Å². The third-order valence-corrected chi connectivity index (χ3v) is 4.44. The maximum absolute atomic E-state index is 13.6. The summed E-state index contributed by atoms with van der Waals surface area (Å²) in [5.74, 6) is -2.24. The summed E-state index contributed by atoms with van der Waals surface area (Å²) >= 11 is 0. The fourth-order valence-corrected chi connectivity index (χ4v) is 3.19. The van der Waals surface area contributed by atoms with E-state index in [9.17, 15) is 24.4 Å². The van der Waals surface area contributed by atoms with Gasteiger partial charge in [0.05, 0.1) is 12.5 Å². The van der Waals surface area contributed by atoms with E-state index in [-0.39, 0.29) is 0 Å². The molecule has 0 spiro atoms. The van der Waals surface area contributed by atoms with Gasteiger partial charge in [-0.25, -0.2) is 4.79 Å². The number of benzene rings is 1. The molecule has 190 valence electrons. The van der Waals surface area contributed by atoms with Crippen LogP contribution in [0.15, 0.2) is 30.8 Å². The second kappa shape index (κ2) is 12.0. The third-order valence-electron chi connectivity index (χ3n) is 4.44. The average molecular weight is 486 g/mol. The molecule has 1 rings (SSSR count). The molecule has 0 heterocycles. The predicted octanol–water partition coefficient (Wildman–Crippen LogP) is 2.41. The van der Waals surface area contributed by atoms with Crippen molar-refractivity contribution in [2.45, 2.75) is 71.2 Å². The van der Waals surface area contributed by atoms with E-state index in [0.29, 0.717) is 11.1 Å². The Balaban J connectivity index is 3.54. The molecule has 4 N–H and O–H groups in total. The number of hydrogen-bond donors (Lipinski definition) is 3. The van der Waals surface area contributed by atoms with Crippen molar-refractivity contribution in [3.8, 4) is 6.07 Å². The topological polar surface area (TPSA) is 155 Å². The monoisotopic (exact) mass is 485 g/mol. The molecule has 0 aliphatic heterocycles. The molecule has 2 unspecified atom stereocenters. The van der Waals surface area contributed by atoms with Gasteiger partial charge < -0.3 is 26.0 Å². The molecule has 0 aliphatic carbocycles. The smallest absolute Gasteiger partial charge is 0.408 e. The largest absolute Gasteiger partial charge is 0.444 e. The Bertz CT molecular complexity index is 1000. The number of ether oxygens (including phenoxy) is 1. The molecule has 0 radical (unpaired) electrons. The normalized spacial score (nSPS) is 12.9. The number of nitrogens with one attached hydrogen (secondary N) is 2. The zero-order valence-corrected chi connectivity index (χ0v) is 21.2. The van der Waals surface area contributed by atoms with E-state index < -0.39 is 60.0 Å². The van der Waals surface area contributed by atoms with Crippen molar-refractivity contribution in [1.82, 2.24) is 15.5 Å². The quantitative estimate of drug-likeness (QED) is 0.456. The number of carbonyl (C=O) groups excluding carboxylic acids is 4. The van der Waals surface area contributed by atoms with Crippen LogP contribution in [0.2, 0.25) is 0 Å². The minimum atomic E-state index is -1.46. The Morgan fingerprint density at radius 1 is 1.20 bits per heavy atom. The average Bonchev–Trinajstić information content (AvgIpc) is 2.69. The minimum absolute atomic E-state index is 0.419. The van der Waals surface area contributed by atoms with E-state index in [1.54, 1.807) is 71.9 Å². The van der Waals surface area contributed by atoms with Gasteiger partial charge in [0.15, 0.2) is 0 Å². The number of nitriles is 1. The number of carbonyl (C=O) groups is 4. The highest BCUT2D eigenvalue weighted by molar-refractivity contribution is 5.94. The first kappa shape index (κ1) is 29.2. The van der Waals surface area contributed by atoms with E-state index in [1.165, 1.54) is 0 Å². The fraction of sp³-hybridized carbons (Fsp3) is 0.480. The first-order valence-electron chi connectivity index (χ1n) is 11.1. The molecule has 4 amide bonds. The molecule has 10 heteroatoms. The zero-order valence-electron chi connectivity index (χ0n) is 21.2. The molecule has 1 aromatic carbocycles. The molecule has 0 bridgehead atoms. The molecule has 35 heavy (non-hydrogen) atoms. The zero-order chi connectivity index (χ0) is 27.0. The van der Waals surface area contributed by atoms with E-state index in [2.05, 4.69) is 17.2 Å².